The van der Waals surface area contributed by atoms with Crippen molar-refractivity contribution in [3.63, 3.8) is 0 Å². The summed E-state index contributed by atoms with van der Waals surface area (Å²) in [6.07, 6.45) is 0.758. The molecule has 0 radical (unpaired) electrons. The Kier molecular flexibility index (Phi) is 4.31. The topological polar surface area (TPSA) is 46.5 Å². The third kappa shape index (κ3) is 4.13. The van der Waals surface area contributed by atoms with Gasteiger partial charge in [-0.05, 0) is 37.0 Å². The molecular weight excluding hydrogens is 192 g/mol. The molecule has 1 aromatic carbocycles. The highest BCUT2D eigenvalue weighted by Gasteiger charge is 1.99. The van der Waals surface area contributed by atoms with Crippen molar-refractivity contribution in [2.75, 3.05) is 13.2 Å². The monoisotopic (exact) mass is 208 g/mol. The maximum absolute atomic E-state index is 10.2. The van der Waals surface area contributed by atoms with Gasteiger partial charge in [0, 0.05) is 0 Å². The Labute approximate surface area is 89.7 Å². The first-order chi connectivity index (χ1) is 7.09. The Bertz CT molecular complexity index is 345. The maximum Gasteiger partial charge on any atom is 0.329 e. The molecule has 1 N–H and O–H groups in total. The van der Waals surface area contributed by atoms with Gasteiger partial charge in [-0.1, -0.05) is 18.2 Å². The van der Waals surface area contributed by atoms with Crippen LogP contribution in [0.3, 0.4) is 0 Å². The van der Waals surface area contributed by atoms with Crippen LogP contribution in [-0.2, 0) is 16.0 Å². The van der Waals surface area contributed by atoms with Gasteiger partial charge in [-0.15, -0.1) is 0 Å². The second kappa shape index (κ2) is 5.51. The lowest BCUT2D eigenvalue weighted by molar-refractivity contribution is -0.142. The molecule has 0 heterocycles. The van der Waals surface area contributed by atoms with Crippen molar-refractivity contribution < 1.29 is 14.6 Å². The molecule has 15 heavy (non-hydrogen) atoms. The number of ether oxygens (including phenoxy) is 1. The van der Waals surface area contributed by atoms with E-state index in [4.69, 9.17) is 9.84 Å². The first kappa shape index (κ1) is 11.7. The molecule has 1 rings (SSSR count). The molecular formula is C12H16O3. The van der Waals surface area contributed by atoms with Gasteiger partial charge in [-0.3, -0.25) is 0 Å². The van der Waals surface area contributed by atoms with Crippen molar-refractivity contribution in [3.8, 4) is 0 Å². The normalized spacial score (nSPS) is 10.3. The van der Waals surface area contributed by atoms with Gasteiger partial charge in [0.25, 0.3) is 0 Å². The fourth-order valence-electron chi connectivity index (χ4n) is 1.31. The molecule has 0 bridgehead atoms. The minimum Gasteiger partial charge on any atom is -0.480 e. The maximum atomic E-state index is 10.2. The molecule has 82 valence electrons. The molecule has 0 aliphatic carbocycles. The molecule has 0 fully saturated rings. The number of hydrogen-bond acceptors (Lipinski definition) is 2. The molecule has 0 aromatic heterocycles. The van der Waals surface area contributed by atoms with Crippen LogP contribution < -0.4 is 0 Å². The number of carboxylic acids is 1. The smallest absolute Gasteiger partial charge is 0.329 e. The van der Waals surface area contributed by atoms with E-state index in [9.17, 15) is 4.79 Å². The number of carboxylic acid groups (broad SMARTS) is 1. The Morgan fingerprint density at radius 3 is 2.67 bits per heavy atom. The quantitative estimate of drug-likeness (QED) is 0.752. The van der Waals surface area contributed by atoms with Crippen LogP contribution in [0.2, 0.25) is 0 Å². The van der Waals surface area contributed by atoms with Crippen molar-refractivity contribution in [1.29, 1.82) is 0 Å². The van der Waals surface area contributed by atoms with Crippen molar-refractivity contribution in [2.45, 2.75) is 20.3 Å². The predicted molar refractivity (Wildman–Crippen MR) is 58.1 cm³/mol. The van der Waals surface area contributed by atoms with Gasteiger partial charge in [0.15, 0.2) is 0 Å². The summed E-state index contributed by atoms with van der Waals surface area (Å²) in [5.74, 6) is -0.921. The average molecular weight is 208 g/mol. The van der Waals surface area contributed by atoms with Crippen molar-refractivity contribution in [1.82, 2.24) is 0 Å². The van der Waals surface area contributed by atoms with Crippen LogP contribution in [0.4, 0.5) is 0 Å². The highest BCUT2D eigenvalue weighted by atomic mass is 16.5. The summed E-state index contributed by atoms with van der Waals surface area (Å²) in [7, 11) is 0. The number of hydrogen-bond donors (Lipinski definition) is 1. The molecule has 3 nitrogen and oxygen atoms in total. The Hall–Kier alpha value is -1.35. The van der Waals surface area contributed by atoms with E-state index in [2.05, 4.69) is 26.0 Å². The predicted octanol–water partition coefficient (Wildman–Crippen LogP) is 1.95. The van der Waals surface area contributed by atoms with Gasteiger partial charge in [0.2, 0.25) is 0 Å². The van der Waals surface area contributed by atoms with E-state index < -0.39 is 5.97 Å². The van der Waals surface area contributed by atoms with Crippen molar-refractivity contribution in [3.05, 3.63) is 34.9 Å². The third-order valence-corrected chi connectivity index (χ3v) is 2.33. The Morgan fingerprint density at radius 1 is 1.33 bits per heavy atom. The van der Waals surface area contributed by atoms with Crippen LogP contribution in [0.15, 0.2) is 18.2 Å². The average Bonchev–Trinajstić information content (AvgIpc) is 2.18. The first-order valence-electron chi connectivity index (χ1n) is 4.95. The van der Waals surface area contributed by atoms with E-state index >= 15 is 0 Å². The number of benzene rings is 1. The summed E-state index contributed by atoms with van der Waals surface area (Å²) in [5.41, 5.74) is 3.71. The van der Waals surface area contributed by atoms with Gasteiger partial charge in [0.1, 0.15) is 6.61 Å². The summed E-state index contributed by atoms with van der Waals surface area (Å²) in [5, 5.41) is 8.37. The van der Waals surface area contributed by atoms with E-state index in [-0.39, 0.29) is 6.61 Å². The van der Waals surface area contributed by atoms with Crippen LogP contribution >= 0.6 is 0 Å². The molecule has 0 aliphatic rings. The lowest BCUT2D eigenvalue weighted by Gasteiger charge is -2.05. The van der Waals surface area contributed by atoms with Crippen molar-refractivity contribution in [2.24, 2.45) is 0 Å². The molecule has 0 spiro atoms. The largest absolute Gasteiger partial charge is 0.480 e. The zero-order valence-electron chi connectivity index (χ0n) is 9.12. The number of rotatable bonds is 5. The number of carbonyl (C=O) groups is 1. The highest BCUT2D eigenvalue weighted by molar-refractivity contribution is 5.67. The lowest BCUT2D eigenvalue weighted by Crippen LogP contribution is -2.09. The SMILES string of the molecule is Cc1ccc(CCOCC(=O)O)cc1C. The molecule has 0 aliphatic heterocycles. The standard InChI is InChI=1S/C12H16O3/c1-9-3-4-11(7-10(9)2)5-6-15-8-12(13)14/h3-4,7H,5-6,8H2,1-2H3,(H,13,14). The second-order valence-electron chi connectivity index (χ2n) is 3.61. The summed E-state index contributed by atoms with van der Waals surface area (Å²) in [4.78, 5) is 10.2. The summed E-state index contributed by atoms with van der Waals surface area (Å²) < 4.78 is 4.97. The summed E-state index contributed by atoms with van der Waals surface area (Å²) >= 11 is 0. The van der Waals surface area contributed by atoms with Crippen LogP contribution in [0.1, 0.15) is 16.7 Å². The molecule has 0 saturated heterocycles. The van der Waals surface area contributed by atoms with E-state index in [1.807, 2.05) is 6.07 Å². The van der Waals surface area contributed by atoms with E-state index in [0.717, 1.165) is 6.42 Å². The van der Waals surface area contributed by atoms with Gasteiger partial charge in [-0.2, -0.15) is 0 Å². The highest BCUT2D eigenvalue weighted by Crippen LogP contribution is 2.10. The minimum atomic E-state index is -0.921. The zero-order chi connectivity index (χ0) is 11.3. The molecule has 0 saturated carbocycles. The Morgan fingerprint density at radius 2 is 2.07 bits per heavy atom. The van der Waals surface area contributed by atoms with Gasteiger partial charge in [-0.25, -0.2) is 4.79 Å². The molecule has 1 aromatic rings. The van der Waals surface area contributed by atoms with Crippen LogP contribution in [0.5, 0.6) is 0 Å². The summed E-state index contributed by atoms with van der Waals surface area (Å²) in [6.45, 7) is 4.37. The van der Waals surface area contributed by atoms with E-state index in [0.29, 0.717) is 6.61 Å². The number of aryl methyl sites for hydroxylation is 2. The van der Waals surface area contributed by atoms with Crippen molar-refractivity contribution >= 4 is 5.97 Å². The first-order valence-corrected chi connectivity index (χ1v) is 4.95. The second-order valence-corrected chi connectivity index (χ2v) is 3.61. The van der Waals surface area contributed by atoms with Crippen LogP contribution in [0.25, 0.3) is 0 Å². The zero-order valence-corrected chi connectivity index (χ0v) is 9.12. The fraction of sp³-hybridized carbons (Fsp3) is 0.417. The van der Waals surface area contributed by atoms with Crippen LogP contribution in [-0.4, -0.2) is 24.3 Å². The molecule has 3 heteroatoms. The summed E-state index contributed by atoms with van der Waals surface area (Å²) in [6, 6.07) is 6.23. The van der Waals surface area contributed by atoms with Gasteiger partial charge < -0.3 is 9.84 Å². The number of aliphatic carboxylic acids is 1. The van der Waals surface area contributed by atoms with Gasteiger partial charge in [0.05, 0.1) is 6.61 Å². The lowest BCUT2D eigenvalue weighted by atomic mass is 10.0. The van der Waals surface area contributed by atoms with E-state index in [1.165, 1.54) is 16.7 Å². The molecule has 0 amide bonds. The fourth-order valence-corrected chi connectivity index (χ4v) is 1.31. The van der Waals surface area contributed by atoms with E-state index in [1.54, 1.807) is 0 Å². The third-order valence-electron chi connectivity index (χ3n) is 2.33. The minimum absolute atomic E-state index is 0.217. The van der Waals surface area contributed by atoms with Crippen LogP contribution in [0, 0.1) is 13.8 Å². The van der Waals surface area contributed by atoms with Gasteiger partial charge >= 0.3 is 5.97 Å². The molecule has 0 atom stereocenters. The molecule has 0 unspecified atom stereocenters. The Balaban J connectivity index is 2.38.